The topological polar surface area (TPSA) is 107 Å². The van der Waals surface area contributed by atoms with Crippen LogP contribution in [-0.2, 0) is 17.6 Å². The van der Waals surface area contributed by atoms with Crippen LogP contribution in [0.4, 0.5) is 10.2 Å². The van der Waals surface area contributed by atoms with E-state index in [1.807, 2.05) is 41.3 Å². The number of carbonyl (C=O) groups excluding carboxylic acids is 2. The summed E-state index contributed by atoms with van der Waals surface area (Å²) in [6, 6.07) is 20.6. The number of benzene rings is 3. The molecule has 0 saturated heterocycles. The molecule has 41 heavy (non-hydrogen) atoms. The van der Waals surface area contributed by atoms with Gasteiger partial charge < -0.3 is 25.4 Å². The predicted molar refractivity (Wildman–Crippen MR) is 151 cm³/mol. The molecule has 3 aromatic carbocycles. The molecule has 0 aliphatic carbocycles. The highest BCUT2D eigenvalue weighted by Gasteiger charge is 2.33. The molecule has 1 atom stereocenters. The number of amides is 2. The van der Waals surface area contributed by atoms with Gasteiger partial charge in [0.05, 0.1) is 24.6 Å². The number of nitrogen functional groups attached to an aromatic ring is 1. The van der Waals surface area contributed by atoms with Gasteiger partial charge in [-0.25, -0.2) is 9.37 Å². The first-order valence-electron chi connectivity index (χ1n) is 13.6. The molecule has 3 aliphatic heterocycles. The number of aromatic nitrogens is 1. The van der Waals surface area contributed by atoms with Crippen molar-refractivity contribution in [1.82, 2.24) is 15.2 Å². The van der Waals surface area contributed by atoms with E-state index in [4.69, 9.17) is 15.2 Å². The second kappa shape index (κ2) is 11.3. The summed E-state index contributed by atoms with van der Waals surface area (Å²) in [6.45, 7) is 1.30. The van der Waals surface area contributed by atoms with E-state index in [2.05, 4.69) is 10.3 Å². The molecule has 4 heterocycles. The van der Waals surface area contributed by atoms with Crippen LogP contribution in [0.25, 0.3) is 0 Å². The Labute approximate surface area is 236 Å². The third-order valence-corrected chi connectivity index (χ3v) is 7.31. The van der Waals surface area contributed by atoms with Gasteiger partial charge >= 0.3 is 0 Å². The van der Waals surface area contributed by atoms with Crippen molar-refractivity contribution in [3.8, 4) is 17.2 Å². The predicted octanol–water partition coefficient (Wildman–Crippen LogP) is 4.82. The normalized spacial score (nSPS) is 16.9. The average molecular weight is 553 g/mol. The molecule has 208 valence electrons. The molecule has 8 nitrogen and oxygen atoms in total. The Morgan fingerprint density at radius 1 is 1.05 bits per heavy atom. The molecular formula is C32H29FN4O4. The number of nitrogens with one attached hydrogen (secondary N) is 1. The molecule has 0 fully saturated rings. The van der Waals surface area contributed by atoms with E-state index < -0.39 is 11.9 Å². The Morgan fingerprint density at radius 3 is 2.80 bits per heavy atom. The Balaban J connectivity index is 1.42. The van der Waals surface area contributed by atoms with Gasteiger partial charge in [0.2, 0.25) is 5.91 Å². The summed E-state index contributed by atoms with van der Waals surface area (Å²) in [6.07, 6.45) is 2.79. The van der Waals surface area contributed by atoms with E-state index in [-0.39, 0.29) is 24.0 Å². The van der Waals surface area contributed by atoms with Crippen molar-refractivity contribution in [2.75, 3.05) is 25.4 Å². The first-order chi connectivity index (χ1) is 19.9. The first kappa shape index (κ1) is 26.3. The molecule has 2 amide bonds. The number of hydrogen-bond acceptors (Lipinski definition) is 6. The van der Waals surface area contributed by atoms with Crippen molar-refractivity contribution < 1.29 is 23.5 Å². The highest BCUT2D eigenvalue weighted by atomic mass is 19.1. The lowest BCUT2D eigenvalue weighted by atomic mass is 9.87. The van der Waals surface area contributed by atoms with Gasteiger partial charge in [-0.3, -0.25) is 9.59 Å². The van der Waals surface area contributed by atoms with Gasteiger partial charge in [-0.15, -0.1) is 0 Å². The quantitative estimate of drug-likeness (QED) is 0.351. The van der Waals surface area contributed by atoms with Crippen LogP contribution in [0, 0.1) is 5.82 Å². The number of carbonyl (C=O) groups is 2. The summed E-state index contributed by atoms with van der Waals surface area (Å²) in [5, 5.41) is 2.88. The van der Waals surface area contributed by atoms with E-state index in [0.29, 0.717) is 61.0 Å². The Morgan fingerprint density at radius 2 is 1.95 bits per heavy atom. The standard InChI is InChI=1S/C32H29FN4O4/c33-27-9-5-20-15-28(27)41-25-7-8-26-21(17-25)11-13-37(32(39)23-6-10-29(34)36-19-23)31(26)22-3-1-4-24(18-22)40-14-2-12-35-30(38)16-20/h1,3-10,15,17-19,31H,2,11-14,16H2,(H2,34,36)(H,35,38). The molecule has 3 aliphatic rings. The molecule has 1 unspecified atom stereocenters. The summed E-state index contributed by atoms with van der Waals surface area (Å²) in [5.74, 6) is 0.702. The summed E-state index contributed by atoms with van der Waals surface area (Å²) in [5.41, 5.74) is 9.67. The molecule has 0 saturated carbocycles. The minimum atomic E-state index is -0.515. The van der Waals surface area contributed by atoms with Crippen molar-refractivity contribution in [2.24, 2.45) is 0 Å². The number of ether oxygens (including phenoxy) is 2. The fourth-order valence-electron chi connectivity index (χ4n) is 5.32. The van der Waals surface area contributed by atoms with Crippen molar-refractivity contribution in [3.05, 3.63) is 113 Å². The van der Waals surface area contributed by atoms with Gasteiger partial charge in [0, 0.05) is 19.3 Å². The zero-order valence-corrected chi connectivity index (χ0v) is 22.3. The smallest absolute Gasteiger partial charge is 0.256 e. The summed E-state index contributed by atoms with van der Waals surface area (Å²) in [7, 11) is 0. The van der Waals surface area contributed by atoms with Crippen molar-refractivity contribution >= 4 is 17.6 Å². The van der Waals surface area contributed by atoms with Gasteiger partial charge in [-0.05, 0) is 83.6 Å². The van der Waals surface area contributed by atoms with Crippen molar-refractivity contribution in [2.45, 2.75) is 25.3 Å². The number of halogens is 1. The Hall–Kier alpha value is -4.92. The molecule has 9 heteroatoms. The maximum Gasteiger partial charge on any atom is 0.256 e. The van der Waals surface area contributed by atoms with E-state index in [0.717, 1.165) is 16.7 Å². The lowest BCUT2D eigenvalue weighted by Crippen LogP contribution is -2.40. The van der Waals surface area contributed by atoms with Gasteiger partial charge in [-0.1, -0.05) is 24.3 Å². The maximum absolute atomic E-state index is 14.7. The fourth-order valence-corrected chi connectivity index (χ4v) is 5.32. The van der Waals surface area contributed by atoms with E-state index in [1.165, 1.54) is 12.3 Å². The number of hydrogen-bond donors (Lipinski definition) is 2. The SMILES string of the molecule is Nc1ccc(C(=O)N2CCc3cc4ccc3C2c2cccc(c2)OCCCNC(=O)Cc2ccc(F)c(c2)O4)cn1. The van der Waals surface area contributed by atoms with Gasteiger partial charge in [-0.2, -0.15) is 0 Å². The lowest BCUT2D eigenvalue weighted by molar-refractivity contribution is -0.120. The monoisotopic (exact) mass is 552 g/mol. The summed E-state index contributed by atoms with van der Waals surface area (Å²) in [4.78, 5) is 32.2. The average Bonchev–Trinajstić information content (AvgIpc) is 2.98. The molecule has 0 radical (unpaired) electrons. The number of fused-ring (bicyclic) bond motifs is 7. The van der Waals surface area contributed by atoms with Gasteiger partial charge in [0.15, 0.2) is 11.6 Å². The summed E-state index contributed by atoms with van der Waals surface area (Å²) < 4.78 is 26.7. The molecule has 1 aromatic heterocycles. The van der Waals surface area contributed by atoms with Gasteiger partial charge in [0.25, 0.3) is 5.91 Å². The molecule has 4 aromatic rings. The largest absolute Gasteiger partial charge is 0.494 e. The van der Waals surface area contributed by atoms with Crippen LogP contribution in [0.15, 0.2) is 79.0 Å². The van der Waals surface area contributed by atoms with Crippen LogP contribution in [0.5, 0.6) is 17.2 Å². The first-order valence-corrected chi connectivity index (χ1v) is 13.6. The number of nitrogens with two attached hydrogens (primary N) is 1. The molecule has 0 spiro atoms. The molecule has 7 rings (SSSR count). The molecular weight excluding hydrogens is 523 g/mol. The zero-order valence-electron chi connectivity index (χ0n) is 22.3. The van der Waals surface area contributed by atoms with E-state index in [9.17, 15) is 14.0 Å². The summed E-state index contributed by atoms with van der Waals surface area (Å²) >= 11 is 0. The minimum Gasteiger partial charge on any atom is -0.494 e. The van der Waals surface area contributed by atoms with Gasteiger partial charge in [0.1, 0.15) is 17.3 Å². The van der Waals surface area contributed by atoms with Crippen LogP contribution in [0.1, 0.15) is 45.1 Å². The van der Waals surface area contributed by atoms with Crippen LogP contribution in [0.3, 0.4) is 0 Å². The van der Waals surface area contributed by atoms with Crippen LogP contribution in [-0.4, -0.2) is 41.4 Å². The molecule has 3 N–H and O–H groups in total. The van der Waals surface area contributed by atoms with Crippen LogP contribution >= 0.6 is 0 Å². The molecule has 8 bridgehead atoms. The number of rotatable bonds is 1. The second-order valence-corrected chi connectivity index (χ2v) is 10.2. The maximum atomic E-state index is 14.7. The highest BCUT2D eigenvalue weighted by Crippen LogP contribution is 2.39. The Bertz CT molecular complexity index is 1610. The fraction of sp³-hybridized carbons (Fsp3) is 0.219. The second-order valence-electron chi connectivity index (χ2n) is 10.2. The van der Waals surface area contributed by atoms with Crippen LogP contribution < -0.4 is 20.5 Å². The third-order valence-electron chi connectivity index (χ3n) is 7.31. The van der Waals surface area contributed by atoms with Crippen molar-refractivity contribution in [1.29, 1.82) is 0 Å². The van der Waals surface area contributed by atoms with E-state index >= 15 is 0 Å². The third kappa shape index (κ3) is 5.70. The number of pyridine rings is 1. The number of nitrogens with zero attached hydrogens (tertiary/aromatic N) is 2. The van der Waals surface area contributed by atoms with Crippen molar-refractivity contribution in [3.63, 3.8) is 0 Å². The van der Waals surface area contributed by atoms with E-state index in [1.54, 1.807) is 30.3 Å². The Kier molecular flexibility index (Phi) is 7.24. The minimum absolute atomic E-state index is 0.0503. The highest BCUT2D eigenvalue weighted by molar-refractivity contribution is 5.95. The zero-order chi connectivity index (χ0) is 28.3. The lowest BCUT2D eigenvalue weighted by Gasteiger charge is -2.38. The number of anilines is 1. The van der Waals surface area contributed by atoms with Crippen LogP contribution in [0.2, 0.25) is 0 Å².